The molecule has 0 radical (unpaired) electrons. The maximum absolute atomic E-state index is 13.9. The van der Waals surface area contributed by atoms with Crippen molar-refractivity contribution in [2.45, 2.75) is 51.5 Å². The van der Waals surface area contributed by atoms with E-state index in [-0.39, 0.29) is 29.7 Å². The molecule has 1 atom stereocenters. The molecule has 0 saturated carbocycles. The second kappa shape index (κ2) is 8.55. The van der Waals surface area contributed by atoms with Crippen LogP contribution in [0.3, 0.4) is 0 Å². The van der Waals surface area contributed by atoms with Crippen molar-refractivity contribution in [1.82, 2.24) is 15.3 Å². The summed E-state index contributed by atoms with van der Waals surface area (Å²) < 4.78 is 18.8. The van der Waals surface area contributed by atoms with Gasteiger partial charge in [0.05, 0.1) is 18.5 Å². The minimum absolute atomic E-state index is 0.114. The van der Waals surface area contributed by atoms with Crippen molar-refractivity contribution in [2.75, 3.05) is 7.11 Å². The van der Waals surface area contributed by atoms with Gasteiger partial charge in [0, 0.05) is 17.7 Å². The monoisotopic (exact) mass is 429 g/mol. The number of aromatic amines is 1. The molecule has 3 aromatic rings. The van der Waals surface area contributed by atoms with E-state index in [4.69, 9.17) is 4.74 Å². The van der Waals surface area contributed by atoms with Crippen LogP contribution in [0.25, 0.3) is 10.2 Å². The Kier molecular flexibility index (Phi) is 5.85. The van der Waals surface area contributed by atoms with Crippen molar-refractivity contribution < 1.29 is 13.9 Å². The fourth-order valence-electron chi connectivity index (χ4n) is 3.91. The van der Waals surface area contributed by atoms with Gasteiger partial charge >= 0.3 is 0 Å². The van der Waals surface area contributed by atoms with Crippen molar-refractivity contribution in [3.63, 3.8) is 0 Å². The topological polar surface area (TPSA) is 84.1 Å². The lowest BCUT2D eigenvalue weighted by molar-refractivity contribution is -0.121. The SMILES string of the molecule is COc1ccc([C@@H](C)NC(=O)CCc2nc3sc4c(c3c(=O)[nH]2)CCCC4)cc1F. The molecule has 0 saturated heterocycles. The number of amides is 1. The number of fused-ring (bicyclic) bond motifs is 3. The molecule has 1 aliphatic rings. The Hall–Kier alpha value is -2.74. The molecule has 0 bridgehead atoms. The number of carbonyl (C=O) groups is 1. The zero-order valence-electron chi connectivity index (χ0n) is 17.0. The van der Waals surface area contributed by atoms with E-state index >= 15 is 0 Å². The average molecular weight is 430 g/mol. The summed E-state index contributed by atoms with van der Waals surface area (Å²) in [5.41, 5.74) is 1.69. The standard InChI is InChI=1S/C22H24FN3O3S/c1-12(13-7-8-16(29-2)15(23)11-13)24-19(27)10-9-18-25-21(28)20-14-5-3-4-6-17(14)30-22(20)26-18/h7-8,11-12H,3-6,9-10H2,1-2H3,(H,24,27)(H,25,26,28)/t12-/m1/s1. The van der Waals surface area contributed by atoms with E-state index in [2.05, 4.69) is 15.3 Å². The fourth-order valence-corrected chi connectivity index (χ4v) is 5.19. The zero-order valence-corrected chi connectivity index (χ0v) is 17.8. The Bertz CT molecular complexity index is 1150. The average Bonchev–Trinajstić information content (AvgIpc) is 3.11. The first-order chi connectivity index (χ1) is 14.5. The molecule has 0 aliphatic heterocycles. The molecular formula is C22H24FN3O3S. The third-order valence-electron chi connectivity index (χ3n) is 5.52. The van der Waals surface area contributed by atoms with E-state index in [1.807, 2.05) is 0 Å². The highest BCUT2D eigenvalue weighted by molar-refractivity contribution is 7.18. The summed E-state index contributed by atoms with van der Waals surface area (Å²) in [6.45, 7) is 1.79. The summed E-state index contributed by atoms with van der Waals surface area (Å²) in [5, 5.41) is 3.58. The number of aryl methyl sites for hydroxylation is 3. The molecule has 30 heavy (non-hydrogen) atoms. The third-order valence-corrected chi connectivity index (χ3v) is 6.70. The van der Waals surface area contributed by atoms with Gasteiger partial charge in [-0.1, -0.05) is 6.07 Å². The second-order valence-electron chi connectivity index (χ2n) is 7.59. The number of aromatic nitrogens is 2. The number of hydrogen-bond donors (Lipinski definition) is 2. The number of halogens is 1. The van der Waals surface area contributed by atoms with Gasteiger partial charge in [-0.25, -0.2) is 9.37 Å². The Morgan fingerprint density at radius 2 is 2.17 bits per heavy atom. The lowest BCUT2D eigenvalue weighted by atomic mass is 9.97. The highest BCUT2D eigenvalue weighted by Gasteiger charge is 2.20. The lowest BCUT2D eigenvalue weighted by Crippen LogP contribution is -2.27. The molecule has 2 heterocycles. The number of ether oxygens (including phenoxy) is 1. The summed E-state index contributed by atoms with van der Waals surface area (Å²) in [5.74, 6) is 0.0270. The van der Waals surface area contributed by atoms with E-state index in [0.29, 0.717) is 17.8 Å². The number of H-pyrrole nitrogens is 1. The first-order valence-electron chi connectivity index (χ1n) is 10.1. The first kappa shape index (κ1) is 20.5. The van der Waals surface area contributed by atoms with Crippen LogP contribution in [0.15, 0.2) is 23.0 Å². The zero-order chi connectivity index (χ0) is 21.3. The van der Waals surface area contributed by atoms with Gasteiger partial charge in [0.1, 0.15) is 10.7 Å². The van der Waals surface area contributed by atoms with Crippen LogP contribution in [-0.2, 0) is 24.1 Å². The second-order valence-corrected chi connectivity index (χ2v) is 8.67. The molecule has 2 aromatic heterocycles. The number of thiophene rings is 1. The van der Waals surface area contributed by atoms with Gasteiger partial charge in [-0.2, -0.15) is 0 Å². The van der Waals surface area contributed by atoms with Crippen LogP contribution >= 0.6 is 11.3 Å². The van der Waals surface area contributed by atoms with Crippen molar-refractivity contribution >= 4 is 27.5 Å². The van der Waals surface area contributed by atoms with E-state index in [0.717, 1.165) is 41.5 Å². The van der Waals surface area contributed by atoms with Crippen LogP contribution < -0.4 is 15.6 Å². The summed E-state index contributed by atoms with van der Waals surface area (Å²) >= 11 is 1.60. The number of hydrogen-bond acceptors (Lipinski definition) is 5. The first-order valence-corrected chi connectivity index (χ1v) is 10.9. The Balaban J connectivity index is 1.41. The van der Waals surface area contributed by atoms with E-state index in [1.165, 1.54) is 24.1 Å². The van der Waals surface area contributed by atoms with Crippen molar-refractivity contribution in [1.29, 1.82) is 0 Å². The number of benzene rings is 1. The van der Waals surface area contributed by atoms with Gasteiger partial charge < -0.3 is 15.0 Å². The molecule has 6 nitrogen and oxygen atoms in total. The van der Waals surface area contributed by atoms with Gasteiger partial charge in [-0.15, -0.1) is 11.3 Å². The van der Waals surface area contributed by atoms with Gasteiger partial charge in [0.15, 0.2) is 11.6 Å². The number of rotatable bonds is 6. The Morgan fingerprint density at radius 3 is 2.93 bits per heavy atom. The predicted octanol–water partition coefficient (Wildman–Crippen LogP) is 3.82. The highest BCUT2D eigenvalue weighted by Crippen LogP contribution is 2.33. The quantitative estimate of drug-likeness (QED) is 0.624. The third kappa shape index (κ3) is 4.09. The summed E-state index contributed by atoms with van der Waals surface area (Å²) in [4.78, 5) is 34.4. The maximum atomic E-state index is 13.9. The molecule has 8 heteroatoms. The number of nitrogens with one attached hydrogen (secondary N) is 2. The van der Waals surface area contributed by atoms with E-state index < -0.39 is 5.82 Å². The minimum atomic E-state index is -0.468. The molecule has 0 unspecified atom stereocenters. The smallest absolute Gasteiger partial charge is 0.259 e. The predicted molar refractivity (Wildman–Crippen MR) is 115 cm³/mol. The largest absolute Gasteiger partial charge is 0.494 e. The van der Waals surface area contributed by atoms with Crippen LogP contribution in [0.4, 0.5) is 4.39 Å². The molecule has 0 spiro atoms. The number of carbonyl (C=O) groups excluding carboxylic acids is 1. The number of nitrogens with zero attached hydrogens (tertiary/aromatic N) is 1. The molecule has 1 amide bonds. The van der Waals surface area contributed by atoms with E-state index in [9.17, 15) is 14.0 Å². The summed E-state index contributed by atoms with van der Waals surface area (Å²) in [7, 11) is 1.41. The van der Waals surface area contributed by atoms with Crippen molar-refractivity contribution in [2.24, 2.45) is 0 Å². The normalized spacial score (nSPS) is 14.4. The molecule has 158 valence electrons. The molecular weight excluding hydrogens is 405 g/mol. The minimum Gasteiger partial charge on any atom is -0.494 e. The Morgan fingerprint density at radius 1 is 1.37 bits per heavy atom. The van der Waals surface area contributed by atoms with Crippen LogP contribution in [0.1, 0.15) is 54.1 Å². The van der Waals surface area contributed by atoms with Crippen LogP contribution in [0, 0.1) is 5.82 Å². The molecule has 1 aromatic carbocycles. The molecule has 4 rings (SSSR count). The molecule has 1 aliphatic carbocycles. The van der Waals surface area contributed by atoms with Crippen LogP contribution in [0.2, 0.25) is 0 Å². The van der Waals surface area contributed by atoms with Crippen molar-refractivity contribution in [3.05, 3.63) is 56.2 Å². The van der Waals surface area contributed by atoms with Gasteiger partial charge in [0.25, 0.3) is 5.56 Å². The van der Waals surface area contributed by atoms with Gasteiger partial charge in [-0.3, -0.25) is 9.59 Å². The van der Waals surface area contributed by atoms with Gasteiger partial charge in [-0.05, 0) is 55.9 Å². The fraction of sp³-hybridized carbons (Fsp3) is 0.409. The van der Waals surface area contributed by atoms with E-state index in [1.54, 1.807) is 24.3 Å². The van der Waals surface area contributed by atoms with Crippen molar-refractivity contribution in [3.8, 4) is 5.75 Å². The summed E-state index contributed by atoms with van der Waals surface area (Å²) in [6, 6.07) is 4.27. The maximum Gasteiger partial charge on any atom is 0.259 e. The van der Waals surface area contributed by atoms with Gasteiger partial charge in [0.2, 0.25) is 5.91 Å². The van der Waals surface area contributed by atoms with Crippen LogP contribution in [0.5, 0.6) is 5.75 Å². The summed E-state index contributed by atoms with van der Waals surface area (Å²) in [6.07, 6.45) is 4.73. The van der Waals surface area contributed by atoms with Crippen LogP contribution in [-0.4, -0.2) is 23.0 Å². The lowest BCUT2D eigenvalue weighted by Gasteiger charge is -2.15. The Labute approximate surface area is 177 Å². The number of methoxy groups -OCH3 is 1. The molecule has 0 fully saturated rings. The highest BCUT2D eigenvalue weighted by atomic mass is 32.1. The molecule has 2 N–H and O–H groups in total.